The molecule has 1 saturated heterocycles. The third-order valence-electron chi connectivity index (χ3n) is 6.75. The van der Waals surface area contributed by atoms with Gasteiger partial charge in [-0.3, -0.25) is 0 Å². The summed E-state index contributed by atoms with van der Waals surface area (Å²) in [7, 11) is 0. The molecule has 0 spiro atoms. The van der Waals surface area contributed by atoms with Crippen molar-refractivity contribution in [2.24, 2.45) is 0 Å². The van der Waals surface area contributed by atoms with Crippen molar-refractivity contribution < 1.29 is 23.7 Å². The van der Waals surface area contributed by atoms with Crippen LogP contribution in [0.5, 0.6) is 0 Å². The third-order valence-corrected chi connectivity index (χ3v) is 6.75. The largest absolute Gasteiger partial charge is 0.374 e. The normalized spacial score (nSPS) is 21.0. The molecule has 39 heavy (non-hydrogen) atoms. The van der Waals surface area contributed by atoms with Gasteiger partial charge in [-0.05, 0) is 22.3 Å². The first-order chi connectivity index (χ1) is 19.3. The third kappa shape index (κ3) is 8.59. The van der Waals surface area contributed by atoms with Gasteiger partial charge in [-0.1, -0.05) is 121 Å². The lowest BCUT2D eigenvalue weighted by Crippen LogP contribution is -2.53. The molecule has 0 unspecified atom stereocenters. The van der Waals surface area contributed by atoms with E-state index in [-0.39, 0.29) is 18.3 Å². The molecule has 0 N–H and O–H groups in total. The lowest BCUT2D eigenvalue weighted by atomic mass is 10.0. The van der Waals surface area contributed by atoms with Crippen molar-refractivity contribution in [2.75, 3.05) is 6.61 Å². The zero-order valence-corrected chi connectivity index (χ0v) is 22.1. The van der Waals surface area contributed by atoms with Crippen LogP contribution in [0.2, 0.25) is 0 Å². The summed E-state index contributed by atoms with van der Waals surface area (Å²) in [6.45, 7) is 2.27. The highest BCUT2D eigenvalue weighted by Gasteiger charge is 2.41. The molecule has 0 bridgehead atoms. The van der Waals surface area contributed by atoms with Gasteiger partial charge in [-0.25, -0.2) is 0 Å². The molecule has 4 aromatic rings. The SMILES string of the molecule is c1ccc(COC[C@H]2O[C@@H](OCc3ccccc3)C[C@@H](OCc3ccccc3)[C@@H]2OCc2ccccc2)cc1. The Morgan fingerprint density at radius 2 is 0.949 bits per heavy atom. The van der Waals surface area contributed by atoms with E-state index in [0.29, 0.717) is 39.5 Å². The molecule has 1 aliphatic rings. The first-order valence-electron chi connectivity index (χ1n) is 13.6. The van der Waals surface area contributed by atoms with Gasteiger partial charge in [0.25, 0.3) is 0 Å². The summed E-state index contributed by atoms with van der Waals surface area (Å²) < 4.78 is 31.9. The van der Waals surface area contributed by atoms with Gasteiger partial charge in [0.15, 0.2) is 6.29 Å². The maximum absolute atomic E-state index is 6.51. The molecular formula is C34H36O5. The molecule has 202 valence electrons. The van der Waals surface area contributed by atoms with Crippen LogP contribution in [0.15, 0.2) is 121 Å². The fraction of sp³-hybridized carbons (Fsp3) is 0.294. The molecule has 0 aromatic heterocycles. The van der Waals surface area contributed by atoms with Crippen LogP contribution in [0.1, 0.15) is 28.7 Å². The van der Waals surface area contributed by atoms with Gasteiger partial charge in [-0.2, -0.15) is 0 Å². The number of benzene rings is 4. The van der Waals surface area contributed by atoms with Gasteiger partial charge < -0.3 is 23.7 Å². The highest BCUT2D eigenvalue weighted by atomic mass is 16.7. The van der Waals surface area contributed by atoms with Gasteiger partial charge >= 0.3 is 0 Å². The highest BCUT2D eigenvalue weighted by Crippen LogP contribution is 2.29. The van der Waals surface area contributed by atoms with Gasteiger partial charge in [-0.15, -0.1) is 0 Å². The summed E-state index contributed by atoms with van der Waals surface area (Å²) >= 11 is 0. The van der Waals surface area contributed by atoms with Crippen LogP contribution in [0.3, 0.4) is 0 Å². The predicted octanol–water partition coefficient (Wildman–Crippen LogP) is 6.71. The summed E-state index contributed by atoms with van der Waals surface area (Å²) in [5.41, 5.74) is 4.43. The summed E-state index contributed by atoms with van der Waals surface area (Å²) in [6, 6.07) is 40.7. The number of rotatable bonds is 13. The second kappa shape index (κ2) is 14.7. The fourth-order valence-corrected chi connectivity index (χ4v) is 4.68. The molecule has 5 heteroatoms. The van der Waals surface area contributed by atoms with Crippen molar-refractivity contribution in [3.63, 3.8) is 0 Å². The second-order valence-electron chi connectivity index (χ2n) is 9.73. The summed E-state index contributed by atoms with van der Waals surface area (Å²) in [4.78, 5) is 0. The van der Waals surface area contributed by atoms with E-state index >= 15 is 0 Å². The molecule has 1 fully saturated rings. The van der Waals surface area contributed by atoms with E-state index in [9.17, 15) is 0 Å². The van der Waals surface area contributed by atoms with Crippen LogP contribution < -0.4 is 0 Å². The molecular weight excluding hydrogens is 488 g/mol. The van der Waals surface area contributed by atoms with Gasteiger partial charge in [0.05, 0.1) is 39.1 Å². The number of hydrogen-bond acceptors (Lipinski definition) is 5. The minimum atomic E-state index is -0.437. The monoisotopic (exact) mass is 524 g/mol. The minimum absolute atomic E-state index is 0.228. The van der Waals surface area contributed by atoms with Crippen molar-refractivity contribution in [1.29, 1.82) is 0 Å². The molecule has 5 rings (SSSR count). The lowest BCUT2D eigenvalue weighted by molar-refractivity contribution is -0.281. The Balaban J connectivity index is 1.30. The Kier molecular flexibility index (Phi) is 10.3. The van der Waals surface area contributed by atoms with Crippen molar-refractivity contribution >= 4 is 0 Å². The van der Waals surface area contributed by atoms with Crippen molar-refractivity contribution in [1.82, 2.24) is 0 Å². The van der Waals surface area contributed by atoms with Gasteiger partial charge in [0.1, 0.15) is 12.2 Å². The van der Waals surface area contributed by atoms with Crippen LogP contribution in [0.25, 0.3) is 0 Å². The molecule has 5 nitrogen and oxygen atoms in total. The molecule has 1 aliphatic heterocycles. The lowest BCUT2D eigenvalue weighted by Gasteiger charge is -2.41. The molecule has 1 heterocycles. The average molecular weight is 525 g/mol. The standard InChI is InChI=1S/C34H36O5/c1-5-13-27(14-6-1)22-35-26-32-34(38-25-30-19-11-4-12-20-30)31(36-23-28-15-7-2-8-16-28)21-33(39-32)37-24-29-17-9-3-10-18-29/h1-20,31-34H,21-26H2/t31-,32-,33-,34+/m1/s1. The van der Waals surface area contributed by atoms with Crippen molar-refractivity contribution in [3.05, 3.63) is 144 Å². The highest BCUT2D eigenvalue weighted by molar-refractivity contribution is 5.16. The fourth-order valence-electron chi connectivity index (χ4n) is 4.68. The Morgan fingerprint density at radius 1 is 0.513 bits per heavy atom. The zero-order chi connectivity index (χ0) is 26.5. The minimum Gasteiger partial charge on any atom is -0.374 e. The van der Waals surface area contributed by atoms with Crippen LogP contribution in [-0.2, 0) is 50.1 Å². The van der Waals surface area contributed by atoms with Gasteiger partial charge in [0, 0.05) is 6.42 Å². The van der Waals surface area contributed by atoms with E-state index in [0.717, 1.165) is 22.3 Å². The second-order valence-corrected chi connectivity index (χ2v) is 9.73. The van der Waals surface area contributed by atoms with E-state index in [1.807, 2.05) is 72.8 Å². The summed E-state index contributed by atoms with van der Waals surface area (Å²) in [5.74, 6) is 0. The smallest absolute Gasteiger partial charge is 0.161 e. The topological polar surface area (TPSA) is 46.2 Å². The number of ether oxygens (including phenoxy) is 5. The van der Waals surface area contributed by atoms with E-state index in [4.69, 9.17) is 23.7 Å². The molecule has 0 aliphatic carbocycles. The molecule has 0 amide bonds. The molecule has 4 atom stereocenters. The number of hydrogen-bond donors (Lipinski definition) is 0. The van der Waals surface area contributed by atoms with E-state index in [1.165, 1.54) is 0 Å². The van der Waals surface area contributed by atoms with Gasteiger partial charge in [0.2, 0.25) is 0 Å². The van der Waals surface area contributed by atoms with Crippen LogP contribution in [0.4, 0.5) is 0 Å². The Hall–Kier alpha value is -3.32. The predicted molar refractivity (Wildman–Crippen MR) is 151 cm³/mol. The molecule has 0 radical (unpaired) electrons. The summed E-state index contributed by atoms with van der Waals surface area (Å²) in [6.07, 6.45) is -0.774. The van der Waals surface area contributed by atoms with Crippen LogP contribution in [0, 0.1) is 0 Å². The summed E-state index contributed by atoms with van der Waals surface area (Å²) in [5, 5.41) is 0. The zero-order valence-electron chi connectivity index (χ0n) is 22.1. The Morgan fingerprint density at radius 3 is 1.46 bits per heavy atom. The molecule has 0 saturated carbocycles. The van der Waals surface area contributed by atoms with Crippen molar-refractivity contribution in [3.8, 4) is 0 Å². The Labute approximate surface area is 231 Å². The average Bonchev–Trinajstić information content (AvgIpc) is 3.00. The van der Waals surface area contributed by atoms with E-state index < -0.39 is 6.29 Å². The van der Waals surface area contributed by atoms with E-state index in [2.05, 4.69) is 48.5 Å². The quantitative estimate of drug-likeness (QED) is 0.195. The van der Waals surface area contributed by atoms with Crippen LogP contribution >= 0.6 is 0 Å². The van der Waals surface area contributed by atoms with Crippen molar-refractivity contribution in [2.45, 2.75) is 57.5 Å². The Bertz CT molecular complexity index is 1200. The van der Waals surface area contributed by atoms with E-state index in [1.54, 1.807) is 0 Å². The maximum Gasteiger partial charge on any atom is 0.161 e. The first kappa shape index (κ1) is 27.3. The molecule has 4 aromatic carbocycles. The van der Waals surface area contributed by atoms with Crippen LogP contribution in [-0.4, -0.2) is 31.2 Å². The maximum atomic E-state index is 6.51. The first-order valence-corrected chi connectivity index (χ1v) is 13.6.